The number of amides is 1. The first-order chi connectivity index (χ1) is 9.15. The standard InChI is InChI=1S/C12H15N5OS/c1-9-3-5-10(6-4-9)13-11(18)7-8-19-12-14-15-16-17(12)2/h3-6H,7-8H2,1-2H3,(H,13,18). The first-order valence-corrected chi connectivity index (χ1v) is 6.85. The van der Waals surface area contributed by atoms with Crippen molar-refractivity contribution in [2.45, 2.75) is 18.5 Å². The van der Waals surface area contributed by atoms with Crippen LogP contribution in [-0.4, -0.2) is 31.9 Å². The van der Waals surface area contributed by atoms with E-state index < -0.39 is 0 Å². The zero-order valence-corrected chi connectivity index (χ0v) is 11.6. The summed E-state index contributed by atoms with van der Waals surface area (Å²) in [6, 6.07) is 7.73. The van der Waals surface area contributed by atoms with E-state index in [1.165, 1.54) is 17.3 Å². The molecule has 0 atom stereocenters. The lowest BCUT2D eigenvalue weighted by Gasteiger charge is -2.05. The number of aryl methyl sites for hydroxylation is 2. The third-order valence-corrected chi connectivity index (χ3v) is 3.49. The number of rotatable bonds is 5. The molecule has 1 heterocycles. The van der Waals surface area contributed by atoms with E-state index in [4.69, 9.17) is 0 Å². The fourth-order valence-corrected chi connectivity index (χ4v) is 2.23. The second-order valence-corrected chi connectivity index (χ2v) is 5.16. The van der Waals surface area contributed by atoms with Crippen molar-refractivity contribution in [3.8, 4) is 0 Å². The number of carbonyl (C=O) groups is 1. The Morgan fingerprint density at radius 2 is 2.11 bits per heavy atom. The van der Waals surface area contributed by atoms with Gasteiger partial charge in [-0.1, -0.05) is 29.5 Å². The van der Waals surface area contributed by atoms with Crippen LogP contribution in [0.15, 0.2) is 29.4 Å². The molecule has 2 rings (SSSR count). The van der Waals surface area contributed by atoms with Crippen LogP contribution in [0.4, 0.5) is 5.69 Å². The van der Waals surface area contributed by atoms with Crippen molar-refractivity contribution in [3.05, 3.63) is 29.8 Å². The maximum absolute atomic E-state index is 11.7. The van der Waals surface area contributed by atoms with Gasteiger partial charge in [-0.25, -0.2) is 4.68 Å². The fourth-order valence-electron chi connectivity index (χ4n) is 1.44. The van der Waals surface area contributed by atoms with Gasteiger partial charge >= 0.3 is 0 Å². The van der Waals surface area contributed by atoms with Gasteiger partial charge in [-0.15, -0.1) is 5.10 Å². The summed E-state index contributed by atoms with van der Waals surface area (Å²) >= 11 is 1.46. The molecule has 0 radical (unpaired) electrons. The number of anilines is 1. The lowest BCUT2D eigenvalue weighted by molar-refractivity contribution is -0.115. The molecule has 1 amide bonds. The molecule has 0 aliphatic rings. The minimum Gasteiger partial charge on any atom is -0.326 e. The number of nitrogens with zero attached hydrogens (tertiary/aromatic N) is 4. The molecule has 0 spiro atoms. The molecule has 7 heteroatoms. The van der Waals surface area contributed by atoms with E-state index in [0.717, 1.165) is 5.69 Å². The topological polar surface area (TPSA) is 72.7 Å². The third kappa shape index (κ3) is 4.06. The normalized spacial score (nSPS) is 10.4. The van der Waals surface area contributed by atoms with Gasteiger partial charge < -0.3 is 5.32 Å². The summed E-state index contributed by atoms with van der Waals surface area (Å²) in [7, 11) is 1.77. The largest absolute Gasteiger partial charge is 0.326 e. The lowest BCUT2D eigenvalue weighted by Crippen LogP contribution is -2.12. The van der Waals surface area contributed by atoms with Crippen LogP contribution in [0.1, 0.15) is 12.0 Å². The summed E-state index contributed by atoms with van der Waals surface area (Å²) in [6.07, 6.45) is 0.422. The highest BCUT2D eigenvalue weighted by Gasteiger charge is 2.06. The fraction of sp³-hybridized carbons (Fsp3) is 0.333. The molecule has 0 saturated carbocycles. The minimum absolute atomic E-state index is 0.00789. The van der Waals surface area contributed by atoms with E-state index >= 15 is 0 Å². The maximum Gasteiger partial charge on any atom is 0.225 e. The van der Waals surface area contributed by atoms with Gasteiger partial charge in [0.2, 0.25) is 11.1 Å². The van der Waals surface area contributed by atoms with Crippen molar-refractivity contribution in [2.75, 3.05) is 11.1 Å². The number of thioether (sulfide) groups is 1. The second-order valence-electron chi connectivity index (χ2n) is 4.10. The SMILES string of the molecule is Cc1ccc(NC(=O)CCSc2nnnn2C)cc1. The van der Waals surface area contributed by atoms with Crippen molar-refractivity contribution < 1.29 is 4.79 Å². The highest BCUT2D eigenvalue weighted by atomic mass is 32.2. The van der Waals surface area contributed by atoms with Crippen LogP contribution in [0.5, 0.6) is 0 Å². The molecule has 100 valence electrons. The van der Waals surface area contributed by atoms with E-state index in [2.05, 4.69) is 20.8 Å². The average molecular weight is 277 g/mol. The van der Waals surface area contributed by atoms with Crippen molar-refractivity contribution in [2.24, 2.45) is 7.05 Å². The number of carbonyl (C=O) groups excluding carboxylic acids is 1. The van der Waals surface area contributed by atoms with Crippen molar-refractivity contribution in [3.63, 3.8) is 0 Å². The quantitative estimate of drug-likeness (QED) is 0.841. The number of hydrogen-bond donors (Lipinski definition) is 1. The van der Waals surface area contributed by atoms with Crippen LogP contribution in [-0.2, 0) is 11.8 Å². The Hall–Kier alpha value is -1.89. The van der Waals surface area contributed by atoms with Crippen molar-refractivity contribution >= 4 is 23.4 Å². The molecular weight excluding hydrogens is 262 g/mol. The van der Waals surface area contributed by atoms with Crippen LogP contribution in [0, 0.1) is 6.92 Å². The predicted octanol–water partition coefficient (Wildman–Crippen LogP) is 1.64. The molecule has 0 bridgehead atoms. The average Bonchev–Trinajstić information content (AvgIpc) is 2.78. The summed E-state index contributed by atoms with van der Waals surface area (Å²) in [5.41, 5.74) is 1.99. The maximum atomic E-state index is 11.7. The molecule has 19 heavy (non-hydrogen) atoms. The number of nitrogens with one attached hydrogen (secondary N) is 1. The van der Waals surface area contributed by atoms with Gasteiger partial charge in [0.25, 0.3) is 0 Å². The molecule has 1 aromatic carbocycles. The molecule has 0 aliphatic carbocycles. The van der Waals surface area contributed by atoms with Crippen molar-refractivity contribution in [1.29, 1.82) is 0 Å². The van der Waals surface area contributed by atoms with Gasteiger partial charge in [0.1, 0.15) is 0 Å². The van der Waals surface area contributed by atoms with E-state index in [1.54, 1.807) is 11.7 Å². The Morgan fingerprint density at radius 1 is 1.37 bits per heavy atom. The number of tetrazole rings is 1. The molecule has 0 aliphatic heterocycles. The number of aromatic nitrogens is 4. The summed E-state index contributed by atoms with van der Waals surface area (Å²) in [4.78, 5) is 11.7. The van der Waals surface area contributed by atoms with Crippen molar-refractivity contribution in [1.82, 2.24) is 20.2 Å². The number of benzene rings is 1. The molecule has 0 unspecified atom stereocenters. The summed E-state index contributed by atoms with van der Waals surface area (Å²) in [5.74, 6) is 0.637. The van der Waals surface area contributed by atoms with E-state index in [0.29, 0.717) is 17.3 Å². The van der Waals surface area contributed by atoms with Gasteiger partial charge in [-0.3, -0.25) is 4.79 Å². The van der Waals surface area contributed by atoms with Crippen LogP contribution in [0.25, 0.3) is 0 Å². The zero-order valence-electron chi connectivity index (χ0n) is 10.8. The van der Waals surface area contributed by atoms with Gasteiger partial charge in [-0.05, 0) is 29.5 Å². The van der Waals surface area contributed by atoms with E-state index in [1.807, 2.05) is 31.2 Å². The Kier molecular flexibility index (Phi) is 4.51. The molecule has 0 saturated heterocycles. The molecule has 0 fully saturated rings. The van der Waals surface area contributed by atoms with Crippen LogP contribution >= 0.6 is 11.8 Å². The molecule has 1 aromatic heterocycles. The lowest BCUT2D eigenvalue weighted by atomic mass is 10.2. The first-order valence-electron chi connectivity index (χ1n) is 5.87. The Morgan fingerprint density at radius 3 is 2.74 bits per heavy atom. The minimum atomic E-state index is -0.00789. The highest BCUT2D eigenvalue weighted by molar-refractivity contribution is 7.99. The highest BCUT2D eigenvalue weighted by Crippen LogP contribution is 2.14. The van der Waals surface area contributed by atoms with E-state index in [9.17, 15) is 4.79 Å². The zero-order chi connectivity index (χ0) is 13.7. The first kappa shape index (κ1) is 13.5. The monoisotopic (exact) mass is 277 g/mol. The van der Waals surface area contributed by atoms with Gasteiger partial charge in [0.15, 0.2) is 0 Å². The molecule has 6 nitrogen and oxygen atoms in total. The molecule has 2 aromatic rings. The Bertz CT molecular complexity index is 552. The van der Waals surface area contributed by atoms with Crippen LogP contribution in [0.3, 0.4) is 0 Å². The molecule has 1 N–H and O–H groups in total. The second kappa shape index (κ2) is 6.33. The Balaban J connectivity index is 1.76. The van der Waals surface area contributed by atoms with Crippen LogP contribution < -0.4 is 5.32 Å². The smallest absolute Gasteiger partial charge is 0.225 e. The third-order valence-electron chi connectivity index (χ3n) is 2.48. The van der Waals surface area contributed by atoms with Gasteiger partial charge in [0, 0.05) is 24.9 Å². The predicted molar refractivity (Wildman–Crippen MR) is 73.9 cm³/mol. The summed E-state index contributed by atoms with van der Waals surface area (Å²) in [6.45, 7) is 2.01. The van der Waals surface area contributed by atoms with Gasteiger partial charge in [-0.2, -0.15) is 0 Å². The number of hydrogen-bond acceptors (Lipinski definition) is 5. The van der Waals surface area contributed by atoms with E-state index in [-0.39, 0.29) is 5.91 Å². The summed E-state index contributed by atoms with van der Waals surface area (Å²) < 4.78 is 1.59. The van der Waals surface area contributed by atoms with Gasteiger partial charge in [0.05, 0.1) is 0 Å². The molecular formula is C12H15N5OS. The van der Waals surface area contributed by atoms with Crippen LogP contribution in [0.2, 0.25) is 0 Å². The Labute approximate surface area is 115 Å². The summed E-state index contributed by atoms with van der Waals surface area (Å²) in [5, 5.41) is 14.7.